The second-order valence-corrected chi connectivity index (χ2v) is 6.94. The van der Waals surface area contributed by atoms with Gasteiger partial charge in [-0.3, -0.25) is 9.59 Å². The van der Waals surface area contributed by atoms with E-state index < -0.39 is 0 Å². The zero-order valence-electron chi connectivity index (χ0n) is 17.7. The summed E-state index contributed by atoms with van der Waals surface area (Å²) in [5.41, 5.74) is 2.98. The topological polar surface area (TPSA) is 60.8 Å². The van der Waals surface area contributed by atoms with E-state index in [0.29, 0.717) is 30.2 Å². The number of para-hydroxylation sites is 1. The highest BCUT2D eigenvalue weighted by Crippen LogP contribution is 2.24. The van der Waals surface area contributed by atoms with Crippen molar-refractivity contribution >= 4 is 11.6 Å². The van der Waals surface area contributed by atoms with Gasteiger partial charge in [0.2, 0.25) is 0 Å². The van der Waals surface area contributed by atoms with Gasteiger partial charge in [-0.1, -0.05) is 18.2 Å². The summed E-state index contributed by atoms with van der Waals surface area (Å²) in [6, 6.07) is 16.2. The molecule has 0 aliphatic heterocycles. The lowest BCUT2D eigenvalue weighted by atomic mass is 10.1. The summed E-state index contributed by atoms with van der Waals surface area (Å²) < 4.78 is 12.1. The molecule has 6 nitrogen and oxygen atoms in total. The fourth-order valence-corrected chi connectivity index (χ4v) is 3.38. The van der Waals surface area contributed by atoms with Crippen LogP contribution >= 0.6 is 0 Å². The molecule has 0 bridgehead atoms. The van der Waals surface area contributed by atoms with Crippen molar-refractivity contribution in [2.45, 2.75) is 20.4 Å². The van der Waals surface area contributed by atoms with Crippen molar-refractivity contribution in [1.82, 2.24) is 4.57 Å². The Labute approximate surface area is 176 Å². The summed E-state index contributed by atoms with van der Waals surface area (Å²) in [6.45, 7) is 4.73. The molecule has 30 heavy (non-hydrogen) atoms. The Balaban J connectivity index is 1.94. The first-order valence-electron chi connectivity index (χ1n) is 9.76. The first kappa shape index (κ1) is 21.2. The lowest BCUT2D eigenvalue weighted by molar-refractivity contribution is 0.0987. The molecular weight excluding hydrogens is 380 g/mol. The fourth-order valence-electron chi connectivity index (χ4n) is 3.38. The van der Waals surface area contributed by atoms with Gasteiger partial charge in [0.1, 0.15) is 11.5 Å². The predicted octanol–water partition coefficient (Wildman–Crippen LogP) is 3.89. The van der Waals surface area contributed by atoms with E-state index in [1.807, 2.05) is 50.2 Å². The predicted molar refractivity (Wildman–Crippen MR) is 118 cm³/mol. The molecule has 0 atom stereocenters. The average Bonchev–Trinajstić information content (AvgIpc) is 2.76. The Morgan fingerprint density at radius 2 is 1.67 bits per heavy atom. The van der Waals surface area contributed by atoms with Crippen LogP contribution in [0.3, 0.4) is 0 Å². The molecule has 0 N–H and O–H groups in total. The first-order chi connectivity index (χ1) is 14.5. The average molecular weight is 406 g/mol. The van der Waals surface area contributed by atoms with Gasteiger partial charge in [0, 0.05) is 30.6 Å². The van der Waals surface area contributed by atoms with Crippen LogP contribution in [-0.4, -0.2) is 31.2 Å². The molecule has 0 spiro atoms. The molecule has 6 heteroatoms. The Morgan fingerprint density at radius 1 is 1.00 bits per heavy atom. The van der Waals surface area contributed by atoms with Crippen molar-refractivity contribution in [2.24, 2.45) is 0 Å². The number of aryl methyl sites for hydroxylation is 1. The number of carbonyl (C=O) groups excluding carboxylic acids is 1. The number of carbonyl (C=O) groups is 1. The molecule has 0 aliphatic rings. The van der Waals surface area contributed by atoms with Crippen LogP contribution in [-0.2, 0) is 6.54 Å². The molecule has 0 fully saturated rings. The second kappa shape index (κ2) is 9.31. The Kier molecular flexibility index (Phi) is 6.57. The number of pyridine rings is 1. The molecule has 2 aromatic carbocycles. The molecule has 0 saturated heterocycles. The van der Waals surface area contributed by atoms with Gasteiger partial charge in [-0.05, 0) is 49.2 Å². The molecule has 0 saturated carbocycles. The van der Waals surface area contributed by atoms with Crippen LogP contribution < -0.4 is 19.9 Å². The second-order valence-electron chi connectivity index (χ2n) is 6.94. The Hall–Kier alpha value is -3.54. The summed E-state index contributed by atoms with van der Waals surface area (Å²) in [5, 5.41) is 0. The van der Waals surface area contributed by atoms with Gasteiger partial charge in [-0.25, -0.2) is 0 Å². The summed E-state index contributed by atoms with van der Waals surface area (Å²) in [7, 11) is 3.16. The summed E-state index contributed by atoms with van der Waals surface area (Å²) >= 11 is 0. The molecule has 0 unspecified atom stereocenters. The van der Waals surface area contributed by atoms with Crippen LogP contribution in [0, 0.1) is 6.92 Å². The van der Waals surface area contributed by atoms with Crippen LogP contribution in [0.4, 0.5) is 5.69 Å². The van der Waals surface area contributed by atoms with Gasteiger partial charge in [0.05, 0.1) is 26.3 Å². The molecule has 1 heterocycles. The maximum atomic E-state index is 13.2. The maximum Gasteiger partial charge on any atom is 0.259 e. The normalized spacial score (nSPS) is 10.5. The van der Waals surface area contributed by atoms with Crippen LogP contribution in [0.5, 0.6) is 11.5 Å². The zero-order chi connectivity index (χ0) is 21.7. The molecule has 156 valence electrons. The van der Waals surface area contributed by atoms with Crippen molar-refractivity contribution in [3.63, 3.8) is 0 Å². The number of nitrogens with zero attached hydrogens (tertiary/aromatic N) is 2. The minimum absolute atomic E-state index is 0.149. The summed E-state index contributed by atoms with van der Waals surface area (Å²) in [6.07, 6.45) is 1.61. The van der Waals surface area contributed by atoms with Crippen molar-refractivity contribution < 1.29 is 14.3 Å². The van der Waals surface area contributed by atoms with Gasteiger partial charge in [0.25, 0.3) is 11.5 Å². The molecule has 1 amide bonds. The number of hydrogen-bond acceptors (Lipinski definition) is 4. The van der Waals surface area contributed by atoms with E-state index >= 15 is 0 Å². The third-order valence-electron chi connectivity index (χ3n) is 4.96. The molecule has 3 rings (SSSR count). The van der Waals surface area contributed by atoms with Gasteiger partial charge in [0.15, 0.2) is 0 Å². The molecule has 0 aliphatic carbocycles. The summed E-state index contributed by atoms with van der Waals surface area (Å²) in [5.74, 6) is 1.13. The minimum Gasteiger partial charge on any atom is -0.497 e. The lowest BCUT2D eigenvalue weighted by Crippen LogP contribution is -2.32. The highest BCUT2D eigenvalue weighted by Gasteiger charge is 2.18. The smallest absolute Gasteiger partial charge is 0.259 e. The van der Waals surface area contributed by atoms with E-state index in [0.717, 1.165) is 16.8 Å². The van der Waals surface area contributed by atoms with Crippen LogP contribution in [0.25, 0.3) is 0 Å². The summed E-state index contributed by atoms with van der Waals surface area (Å²) in [4.78, 5) is 27.4. The third-order valence-corrected chi connectivity index (χ3v) is 4.96. The minimum atomic E-state index is -0.188. The van der Waals surface area contributed by atoms with Gasteiger partial charge in [-0.15, -0.1) is 0 Å². The van der Waals surface area contributed by atoms with Gasteiger partial charge >= 0.3 is 0 Å². The van der Waals surface area contributed by atoms with Crippen molar-refractivity contribution in [2.75, 3.05) is 25.7 Å². The molecule has 0 radical (unpaired) electrons. The molecular formula is C24H26N2O4. The van der Waals surface area contributed by atoms with E-state index in [4.69, 9.17) is 9.47 Å². The number of anilines is 1. The van der Waals surface area contributed by atoms with Crippen molar-refractivity contribution in [3.8, 4) is 11.5 Å². The lowest BCUT2D eigenvalue weighted by Gasteiger charge is -2.23. The van der Waals surface area contributed by atoms with Crippen LogP contribution in [0.2, 0.25) is 0 Å². The van der Waals surface area contributed by atoms with Gasteiger partial charge in [-0.2, -0.15) is 0 Å². The zero-order valence-corrected chi connectivity index (χ0v) is 17.7. The fraction of sp³-hybridized carbons (Fsp3) is 0.250. The van der Waals surface area contributed by atoms with E-state index in [-0.39, 0.29) is 11.5 Å². The number of aromatic nitrogens is 1. The Morgan fingerprint density at radius 3 is 2.27 bits per heavy atom. The van der Waals surface area contributed by atoms with Crippen LogP contribution in [0.15, 0.2) is 65.6 Å². The number of ether oxygens (including phenoxy) is 2. The number of hydrogen-bond donors (Lipinski definition) is 0. The maximum absolute atomic E-state index is 13.2. The number of amides is 1. The largest absolute Gasteiger partial charge is 0.497 e. The number of methoxy groups -OCH3 is 2. The van der Waals surface area contributed by atoms with E-state index in [1.54, 1.807) is 37.4 Å². The molecule has 3 aromatic rings. The molecule has 1 aromatic heterocycles. The van der Waals surface area contributed by atoms with E-state index in [9.17, 15) is 9.59 Å². The van der Waals surface area contributed by atoms with Crippen LogP contribution in [0.1, 0.15) is 28.4 Å². The highest BCUT2D eigenvalue weighted by molar-refractivity contribution is 6.06. The number of rotatable bonds is 7. The monoisotopic (exact) mass is 406 g/mol. The van der Waals surface area contributed by atoms with Crippen molar-refractivity contribution in [1.29, 1.82) is 0 Å². The number of benzene rings is 2. The highest BCUT2D eigenvalue weighted by atomic mass is 16.5. The third kappa shape index (κ3) is 4.54. The van der Waals surface area contributed by atoms with Gasteiger partial charge < -0.3 is 18.9 Å². The first-order valence-corrected chi connectivity index (χ1v) is 9.76. The SMILES string of the molecule is CCN(C(=O)c1ccc(=O)n(Cc2cc(OC)cc(OC)c2)c1)c1ccccc1C. The standard InChI is InChI=1S/C24H26N2O4/c1-5-26(22-9-7-6-8-17(22)2)24(28)19-10-11-23(27)25(16-19)15-18-12-20(29-3)14-21(13-18)30-4/h6-14,16H,5,15H2,1-4H3. The van der Waals surface area contributed by atoms with Crippen molar-refractivity contribution in [3.05, 3.63) is 87.8 Å². The van der Waals surface area contributed by atoms with E-state index in [2.05, 4.69) is 0 Å². The Bertz CT molecular complexity index is 1080. The quantitative estimate of drug-likeness (QED) is 0.597. The van der Waals surface area contributed by atoms with E-state index in [1.165, 1.54) is 10.6 Å².